The molecule has 0 bridgehead atoms. The van der Waals surface area contributed by atoms with Crippen LogP contribution in [-0.4, -0.2) is 61.2 Å². The van der Waals surface area contributed by atoms with Gasteiger partial charge in [-0.25, -0.2) is 4.63 Å². The molecule has 0 radical (unpaired) electrons. The van der Waals surface area contributed by atoms with E-state index in [0.717, 1.165) is 42.5 Å². The third kappa shape index (κ3) is 2.19. The topological polar surface area (TPSA) is 88.5 Å². The fourth-order valence-corrected chi connectivity index (χ4v) is 2.57. The van der Waals surface area contributed by atoms with Crippen molar-refractivity contribution >= 4 is 11.5 Å². The molecule has 3 aromatic rings. The van der Waals surface area contributed by atoms with E-state index in [0.29, 0.717) is 6.04 Å². The van der Waals surface area contributed by atoms with Crippen molar-refractivity contribution in [2.24, 2.45) is 0 Å². The summed E-state index contributed by atoms with van der Waals surface area (Å²) in [5.41, 5.74) is 2.50. The van der Waals surface area contributed by atoms with Gasteiger partial charge in [0.15, 0.2) is 5.65 Å². The molecule has 4 rings (SSSR count). The largest absolute Gasteiger partial charge is 0.352 e. The van der Waals surface area contributed by atoms with Gasteiger partial charge in [0.05, 0.1) is 0 Å². The molecule has 1 aliphatic heterocycles. The Labute approximate surface area is 126 Å². The van der Waals surface area contributed by atoms with E-state index in [1.54, 1.807) is 10.8 Å². The summed E-state index contributed by atoms with van der Waals surface area (Å²) < 4.78 is 6.43. The molecule has 0 spiro atoms. The zero-order valence-electron chi connectivity index (χ0n) is 12.4. The predicted molar refractivity (Wildman–Crippen MR) is 77.3 cm³/mol. The number of aromatic nitrogens is 6. The van der Waals surface area contributed by atoms with Crippen LogP contribution in [0, 0.1) is 6.92 Å². The molecule has 1 saturated heterocycles. The zero-order valence-corrected chi connectivity index (χ0v) is 12.4. The van der Waals surface area contributed by atoms with Gasteiger partial charge < -0.3 is 4.90 Å². The molecule has 3 aromatic heterocycles. The van der Waals surface area contributed by atoms with E-state index < -0.39 is 0 Å². The SMILES string of the molecule is Cc1nonc1CN(C)C1CN(c2ccc3nncn3n2)C1. The van der Waals surface area contributed by atoms with Crippen LogP contribution in [0.4, 0.5) is 5.82 Å². The maximum absolute atomic E-state index is 4.74. The summed E-state index contributed by atoms with van der Waals surface area (Å²) in [6.07, 6.45) is 1.61. The fourth-order valence-electron chi connectivity index (χ4n) is 2.57. The van der Waals surface area contributed by atoms with Crippen molar-refractivity contribution in [3.63, 3.8) is 0 Å². The second-order valence-electron chi connectivity index (χ2n) is 5.60. The Hall–Kier alpha value is -2.55. The second-order valence-corrected chi connectivity index (χ2v) is 5.60. The third-order valence-electron chi connectivity index (χ3n) is 4.10. The van der Waals surface area contributed by atoms with Crippen LogP contribution in [0.3, 0.4) is 0 Å². The minimum atomic E-state index is 0.467. The van der Waals surface area contributed by atoms with Crippen molar-refractivity contribution < 1.29 is 4.63 Å². The van der Waals surface area contributed by atoms with E-state index in [1.807, 2.05) is 19.1 Å². The average Bonchev–Trinajstić information content (AvgIpc) is 3.06. The molecule has 9 nitrogen and oxygen atoms in total. The van der Waals surface area contributed by atoms with E-state index in [2.05, 4.69) is 42.5 Å². The van der Waals surface area contributed by atoms with Gasteiger partial charge in [-0.05, 0) is 26.1 Å². The van der Waals surface area contributed by atoms with Crippen LogP contribution in [0.25, 0.3) is 5.65 Å². The molecule has 9 heteroatoms. The highest BCUT2D eigenvalue weighted by Crippen LogP contribution is 2.22. The Bertz CT molecular complexity index is 790. The maximum atomic E-state index is 4.74. The summed E-state index contributed by atoms with van der Waals surface area (Å²) >= 11 is 0. The number of likely N-dealkylation sites (N-methyl/N-ethyl adjacent to an activating group) is 1. The highest BCUT2D eigenvalue weighted by Gasteiger charge is 2.31. The lowest BCUT2D eigenvalue weighted by atomic mass is 10.1. The van der Waals surface area contributed by atoms with Gasteiger partial charge in [-0.15, -0.1) is 15.3 Å². The van der Waals surface area contributed by atoms with Gasteiger partial charge in [0, 0.05) is 25.7 Å². The molecule has 0 aliphatic carbocycles. The summed E-state index contributed by atoms with van der Waals surface area (Å²) in [5, 5.41) is 20.0. The minimum Gasteiger partial charge on any atom is -0.352 e. The monoisotopic (exact) mass is 300 g/mol. The molecule has 0 aromatic carbocycles. The van der Waals surface area contributed by atoms with Gasteiger partial charge in [0.25, 0.3) is 0 Å². The molecule has 0 saturated carbocycles. The second kappa shape index (κ2) is 5.02. The molecule has 0 N–H and O–H groups in total. The first kappa shape index (κ1) is 13.1. The fraction of sp³-hybridized carbons (Fsp3) is 0.462. The summed E-state index contributed by atoms with van der Waals surface area (Å²) in [4.78, 5) is 4.49. The molecule has 0 unspecified atom stereocenters. The van der Waals surface area contributed by atoms with Crippen molar-refractivity contribution in [3.05, 3.63) is 29.8 Å². The van der Waals surface area contributed by atoms with E-state index in [4.69, 9.17) is 4.63 Å². The summed E-state index contributed by atoms with van der Waals surface area (Å²) in [5.74, 6) is 0.941. The number of nitrogens with zero attached hydrogens (tertiary/aromatic N) is 8. The number of hydrogen-bond acceptors (Lipinski definition) is 8. The average molecular weight is 300 g/mol. The summed E-state index contributed by atoms with van der Waals surface area (Å²) in [7, 11) is 2.09. The van der Waals surface area contributed by atoms with Crippen LogP contribution < -0.4 is 4.90 Å². The molecule has 22 heavy (non-hydrogen) atoms. The number of anilines is 1. The Balaban J connectivity index is 1.39. The molecule has 4 heterocycles. The quantitative estimate of drug-likeness (QED) is 0.672. The number of rotatable bonds is 4. The Morgan fingerprint density at radius 2 is 2.18 bits per heavy atom. The van der Waals surface area contributed by atoms with Gasteiger partial charge in [-0.2, -0.15) is 4.52 Å². The van der Waals surface area contributed by atoms with Gasteiger partial charge in [0.1, 0.15) is 23.5 Å². The lowest BCUT2D eigenvalue weighted by Gasteiger charge is -2.44. The first-order valence-corrected chi connectivity index (χ1v) is 7.11. The van der Waals surface area contributed by atoms with Crippen LogP contribution >= 0.6 is 0 Å². The van der Waals surface area contributed by atoms with Crippen LogP contribution in [0.5, 0.6) is 0 Å². The van der Waals surface area contributed by atoms with Crippen molar-refractivity contribution in [1.82, 2.24) is 35.0 Å². The van der Waals surface area contributed by atoms with Gasteiger partial charge in [0.2, 0.25) is 0 Å². The zero-order chi connectivity index (χ0) is 15.1. The van der Waals surface area contributed by atoms with Crippen molar-refractivity contribution in [2.75, 3.05) is 25.0 Å². The van der Waals surface area contributed by atoms with E-state index in [9.17, 15) is 0 Å². The van der Waals surface area contributed by atoms with Crippen LogP contribution in [-0.2, 0) is 6.54 Å². The normalized spacial score (nSPS) is 15.7. The smallest absolute Gasteiger partial charge is 0.177 e. The molecular formula is C13H16N8O. The first-order chi connectivity index (χ1) is 10.7. The molecule has 1 aliphatic rings. The van der Waals surface area contributed by atoms with Crippen LogP contribution in [0.15, 0.2) is 23.1 Å². The maximum Gasteiger partial charge on any atom is 0.177 e. The highest BCUT2D eigenvalue weighted by atomic mass is 16.6. The van der Waals surface area contributed by atoms with Crippen molar-refractivity contribution in [1.29, 1.82) is 0 Å². The molecule has 0 atom stereocenters. The number of fused-ring (bicyclic) bond motifs is 1. The number of aryl methyl sites for hydroxylation is 1. The van der Waals surface area contributed by atoms with E-state index in [1.165, 1.54) is 0 Å². The first-order valence-electron chi connectivity index (χ1n) is 7.11. The lowest BCUT2D eigenvalue weighted by molar-refractivity contribution is 0.190. The number of hydrogen-bond donors (Lipinski definition) is 0. The van der Waals surface area contributed by atoms with E-state index in [-0.39, 0.29) is 0 Å². The van der Waals surface area contributed by atoms with Gasteiger partial charge >= 0.3 is 0 Å². The minimum absolute atomic E-state index is 0.467. The van der Waals surface area contributed by atoms with Crippen LogP contribution in [0.2, 0.25) is 0 Å². The summed E-state index contributed by atoms with van der Waals surface area (Å²) in [6, 6.07) is 4.37. The Morgan fingerprint density at radius 3 is 2.95 bits per heavy atom. The highest BCUT2D eigenvalue weighted by molar-refractivity contribution is 5.47. The summed E-state index contributed by atoms with van der Waals surface area (Å²) in [6.45, 7) is 4.51. The van der Waals surface area contributed by atoms with Crippen LogP contribution in [0.1, 0.15) is 11.4 Å². The molecular weight excluding hydrogens is 284 g/mol. The Morgan fingerprint density at radius 1 is 1.32 bits per heavy atom. The lowest BCUT2D eigenvalue weighted by Crippen LogP contribution is -2.58. The van der Waals surface area contributed by atoms with Gasteiger partial charge in [-0.1, -0.05) is 10.3 Å². The van der Waals surface area contributed by atoms with Crippen molar-refractivity contribution in [2.45, 2.75) is 19.5 Å². The van der Waals surface area contributed by atoms with Crippen molar-refractivity contribution in [3.8, 4) is 0 Å². The third-order valence-corrected chi connectivity index (χ3v) is 4.10. The van der Waals surface area contributed by atoms with E-state index >= 15 is 0 Å². The molecule has 1 fully saturated rings. The predicted octanol–water partition coefficient (Wildman–Crippen LogP) is 0.136. The Kier molecular flexibility index (Phi) is 3.00. The standard InChI is InChI=1S/C13H16N8O/c1-9-11(18-22-17-9)7-19(2)10-5-20(6-10)13-4-3-12-15-14-8-21(12)16-13/h3-4,8,10H,5-7H2,1-2H3. The van der Waals surface area contributed by atoms with Gasteiger partial charge in [-0.3, -0.25) is 4.90 Å². The molecule has 114 valence electrons. The molecule has 0 amide bonds.